The van der Waals surface area contributed by atoms with Crippen LogP contribution in [0.15, 0.2) is 48.5 Å². The molecule has 0 aliphatic rings. The van der Waals surface area contributed by atoms with Crippen molar-refractivity contribution >= 4 is 23.2 Å². The molecule has 2 amide bonds. The van der Waals surface area contributed by atoms with Crippen LogP contribution in [0.3, 0.4) is 0 Å². The second kappa shape index (κ2) is 13.3. The fourth-order valence-corrected chi connectivity index (χ4v) is 2.92. The zero-order valence-electron chi connectivity index (χ0n) is 18.9. The Morgan fingerprint density at radius 1 is 0.968 bits per heavy atom. The first kappa shape index (κ1) is 24.3. The van der Waals surface area contributed by atoms with Crippen LogP contribution in [0.4, 0.5) is 11.4 Å². The summed E-state index contributed by atoms with van der Waals surface area (Å²) >= 11 is 0. The van der Waals surface area contributed by atoms with Gasteiger partial charge < -0.3 is 20.7 Å². The number of carbonyl (C=O) groups excluding carboxylic acids is 2. The summed E-state index contributed by atoms with van der Waals surface area (Å²) in [5.74, 6) is 0.506. The van der Waals surface area contributed by atoms with Crippen LogP contribution in [-0.2, 0) is 4.79 Å². The molecule has 168 valence electrons. The van der Waals surface area contributed by atoms with Crippen LogP contribution >= 0.6 is 0 Å². The molecule has 1 unspecified atom stereocenters. The summed E-state index contributed by atoms with van der Waals surface area (Å²) in [7, 11) is 0. The predicted molar refractivity (Wildman–Crippen MR) is 127 cm³/mol. The quantitative estimate of drug-likeness (QED) is 0.384. The summed E-state index contributed by atoms with van der Waals surface area (Å²) in [4.78, 5) is 24.5. The molecule has 0 fully saturated rings. The average molecular weight is 426 g/mol. The average Bonchev–Trinajstić information content (AvgIpc) is 2.78. The number of rotatable bonds is 13. The van der Waals surface area contributed by atoms with Crippen molar-refractivity contribution in [3.63, 3.8) is 0 Å². The maximum Gasteiger partial charge on any atom is 0.251 e. The van der Waals surface area contributed by atoms with Crippen molar-refractivity contribution in [1.29, 1.82) is 0 Å². The van der Waals surface area contributed by atoms with E-state index in [9.17, 15) is 9.59 Å². The van der Waals surface area contributed by atoms with E-state index in [1.165, 1.54) is 19.3 Å². The Morgan fingerprint density at radius 3 is 2.45 bits per heavy atom. The van der Waals surface area contributed by atoms with E-state index in [-0.39, 0.29) is 24.4 Å². The zero-order chi connectivity index (χ0) is 22.5. The highest BCUT2D eigenvalue weighted by molar-refractivity contribution is 5.98. The molecular weight excluding hydrogens is 390 g/mol. The van der Waals surface area contributed by atoms with Gasteiger partial charge in [0.25, 0.3) is 5.91 Å². The molecule has 2 aromatic carbocycles. The summed E-state index contributed by atoms with van der Waals surface area (Å²) in [6, 6.07) is 14.6. The minimum atomic E-state index is -0.185. The van der Waals surface area contributed by atoms with Crippen molar-refractivity contribution in [2.45, 2.75) is 58.9 Å². The predicted octanol–water partition coefficient (Wildman–Crippen LogP) is 5.22. The first-order valence-electron chi connectivity index (χ1n) is 11.2. The molecule has 0 saturated carbocycles. The van der Waals surface area contributed by atoms with Gasteiger partial charge in [-0.15, -0.1) is 0 Å². The number of anilines is 2. The lowest BCUT2D eigenvalue weighted by atomic mass is 10.1. The van der Waals surface area contributed by atoms with Crippen LogP contribution < -0.4 is 20.7 Å². The van der Waals surface area contributed by atoms with Gasteiger partial charge >= 0.3 is 0 Å². The van der Waals surface area contributed by atoms with E-state index in [4.69, 9.17) is 4.74 Å². The van der Waals surface area contributed by atoms with Crippen LogP contribution in [-0.4, -0.2) is 31.0 Å². The first-order valence-corrected chi connectivity index (χ1v) is 11.2. The second-order valence-corrected chi connectivity index (χ2v) is 7.70. The van der Waals surface area contributed by atoms with Crippen LogP contribution in [0, 0.1) is 0 Å². The number of amides is 2. The van der Waals surface area contributed by atoms with Gasteiger partial charge in [0.15, 0.2) is 0 Å². The molecule has 0 saturated heterocycles. The third kappa shape index (κ3) is 9.11. The fourth-order valence-electron chi connectivity index (χ4n) is 2.92. The molecule has 0 spiro atoms. The Labute approximate surface area is 185 Å². The molecule has 2 rings (SSSR count). The maximum atomic E-state index is 12.3. The molecule has 0 heterocycles. The second-order valence-electron chi connectivity index (χ2n) is 7.70. The smallest absolute Gasteiger partial charge is 0.251 e. The highest BCUT2D eigenvalue weighted by Crippen LogP contribution is 2.16. The van der Waals surface area contributed by atoms with Crippen molar-refractivity contribution in [3.8, 4) is 5.75 Å². The van der Waals surface area contributed by atoms with Crippen molar-refractivity contribution in [2.24, 2.45) is 0 Å². The Morgan fingerprint density at radius 2 is 1.74 bits per heavy atom. The van der Waals surface area contributed by atoms with E-state index < -0.39 is 0 Å². The number of nitrogens with one attached hydrogen (secondary N) is 3. The number of ether oxygens (including phenoxy) is 1. The van der Waals surface area contributed by atoms with E-state index in [1.807, 2.05) is 38.1 Å². The van der Waals surface area contributed by atoms with Gasteiger partial charge in [-0.1, -0.05) is 39.2 Å². The normalized spacial score (nSPS) is 11.5. The monoisotopic (exact) mass is 425 g/mol. The first-order chi connectivity index (χ1) is 15.0. The molecule has 6 nitrogen and oxygen atoms in total. The third-order valence-electron chi connectivity index (χ3n) is 4.97. The van der Waals surface area contributed by atoms with E-state index in [0.717, 1.165) is 30.9 Å². The molecule has 0 aliphatic heterocycles. The van der Waals surface area contributed by atoms with Crippen molar-refractivity contribution < 1.29 is 14.3 Å². The summed E-state index contributed by atoms with van der Waals surface area (Å²) in [6.07, 6.45) is 5.57. The molecule has 1 atom stereocenters. The lowest BCUT2D eigenvalue weighted by molar-refractivity contribution is -0.114. The zero-order valence-corrected chi connectivity index (χ0v) is 18.9. The third-order valence-corrected chi connectivity index (χ3v) is 4.97. The van der Waals surface area contributed by atoms with Crippen LogP contribution in [0.25, 0.3) is 0 Å². The molecule has 0 aromatic heterocycles. The number of hydrogen-bond acceptors (Lipinski definition) is 4. The summed E-state index contributed by atoms with van der Waals surface area (Å²) in [5, 5.41) is 8.85. The van der Waals surface area contributed by atoms with Gasteiger partial charge in [-0.3, -0.25) is 9.59 Å². The number of carbonyl (C=O) groups is 2. The molecule has 31 heavy (non-hydrogen) atoms. The Hall–Kier alpha value is -3.02. The maximum absolute atomic E-state index is 12.3. The lowest BCUT2D eigenvalue weighted by Crippen LogP contribution is -2.32. The molecule has 0 aliphatic carbocycles. The molecule has 0 radical (unpaired) electrons. The SMILES string of the molecule is CCCCCCOc1ccc(NCC(=O)Nc2cccc(C(=O)NC(C)CC)c2)cc1. The lowest BCUT2D eigenvalue weighted by Gasteiger charge is -2.13. The Kier molecular flexibility index (Phi) is 10.4. The van der Waals surface area contributed by atoms with E-state index in [1.54, 1.807) is 24.3 Å². The molecule has 2 aromatic rings. The fraction of sp³-hybridized carbons (Fsp3) is 0.440. The number of hydrogen-bond donors (Lipinski definition) is 3. The standard InChI is InChI=1S/C25H35N3O3/c1-4-6-7-8-16-31-23-14-12-21(13-15-23)26-18-24(29)28-22-11-9-10-20(17-22)25(30)27-19(3)5-2/h9-15,17,19,26H,4-8,16,18H2,1-3H3,(H,27,30)(H,28,29). The van der Waals surface area contributed by atoms with E-state index >= 15 is 0 Å². The van der Waals surface area contributed by atoms with Gasteiger partial charge in [0.2, 0.25) is 5.91 Å². The van der Waals surface area contributed by atoms with E-state index in [0.29, 0.717) is 11.3 Å². The van der Waals surface area contributed by atoms with Gasteiger partial charge in [-0.2, -0.15) is 0 Å². The van der Waals surface area contributed by atoms with Gasteiger partial charge in [-0.05, 0) is 62.2 Å². The number of unbranched alkanes of at least 4 members (excludes halogenated alkanes) is 3. The summed E-state index contributed by atoms with van der Waals surface area (Å²) in [6.45, 7) is 7.02. The minimum Gasteiger partial charge on any atom is -0.494 e. The highest BCUT2D eigenvalue weighted by Gasteiger charge is 2.10. The minimum absolute atomic E-state index is 0.104. The van der Waals surface area contributed by atoms with Crippen molar-refractivity contribution in [1.82, 2.24) is 5.32 Å². The number of benzene rings is 2. The van der Waals surface area contributed by atoms with Gasteiger partial charge in [0.05, 0.1) is 13.2 Å². The van der Waals surface area contributed by atoms with Gasteiger partial charge in [0.1, 0.15) is 5.75 Å². The van der Waals surface area contributed by atoms with E-state index in [2.05, 4.69) is 22.9 Å². The topological polar surface area (TPSA) is 79.5 Å². The summed E-state index contributed by atoms with van der Waals surface area (Å²) < 4.78 is 5.73. The molecule has 6 heteroatoms. The Bertz CT molecular complexity index is 821. The highest BCUT2D eigenvalue weighted by atomic mass is 16.5. The van der Waals surface area contributed by atoms with Gasteiger partial charge in [-0.25, -0.2) is 0 Å². The molecule has 0 bridgehead atoms. The van der Waals surface area contributed by atoms with Crippen molar-refractivity contribution in [2.75, 3.05) is 23.8 Å². The largest absolute Gasteiger partial charge is 0.494 e. The van der Waals surface area contributed by atoms with Crippen molar-refractivity contribution in [3.05, 3.63) is 54.1 Å². The molecular formula is C25H35N3O3. The van der Waals surface area contributed by atoms with Crippen LogP contribution in [0.5, 0.6) is 5.75 Å². The van der Waals surface area contributed by atoms with Crippen LogP contribution in [0.1, 0.15) is 63.2 Å². The molecule has 3 N–H and O–H groups in total. The summed E-state index contributed by atoms with van der Waals surface area (Å²) in [5.41, 5.74) is 1.96. The Balaban J connectivity index is 1.77. The van der Waals surface area contributed by atoms with Crippen LogP contribution in [0.2, 0.25) is 0 Å². The van der Waals surface area contributed by atoms with Gasteiger partial charge in [0, 0.05) is 23.0 Å².